The van der Waals surface area contributed by atoms with Crippen molar-refractivity contribution in [2.24, 2.45) is 0 Å². The lowest BCUT2D eigenvalue weighted by atomic mass is 9.92. The molecule has 0 aromatic heterocycles. The van der Waals surface area contributed by atoms with Crippen molar-refractivity contribution in [1.29, 1.82) is 0 Å². The van der Waals surface area contributed by atoms with E-state index < -0.39 is 0 Å². The summed E-state index contributed by atoms with van der Waals surface area (Å²) in [7, 11) is 0. The molecule has 0 saturated carbocycles. The summed E-state index contributed by atoms with van der Waals surface area (Å²) < 4.78 is 0. The maximum atomic E-state index is 3.84. The van der Waals surface area contributed by atoms with Crippen LogP contribution in [0.5, 0.6) is 0 Å². The Morgan fingerprint density at radius 1 is 0.800 bits per heavy atom. The fourth-order valence-electron chi connectivity index (χ4n) is 2.28. The number of benzene rings is 2. The summed E-state index contributed by atoms with van der Waals surface area (Å²) in [5, 5.41) is 0. The van der Waals surface area contributed by atoms with Gasteiger partial charge in [-0.25, -0.2) is 0 Å². The summed E-state index contributed by atoms with van der Waals surface area (Å²) in [5.74, 6) is 0. The van der Waals surface area contributed by atoms with E-state index in [2.05, 4.69) is 75.0 Å². The molecule has 0 aliphatic heterocycles. The van der Waals surface area contributed by atoms with Gasteiger partial charge in [0.1, 0.15) is 0 Å². The van der Waals surface area contributed by atoms with E-state index in [1.807, 2.05) is 18.2 Å². The van der Waals surface area contributed by atoms with E-state index in [4.69, 9.17) is 0 Å². The maximum Gasteiger partial charge on any atom is -0.0152 e. The second kappa shape index (κ2) is 6.72. The molecule has 0 heterocycles. The third kappa shape index (κ3) is 3.16. The fourth-order valence-corrected chi connectivity index (χ4v) is 2.28. The molecule has 0 saturated heterocycles. The van der Waals surface area contributed by atoms with Crippen LogP contribution in [0.2, 0.25) is 0 Å². The quantitative estimate of drug-likeness (QED) is 0.614. The minimum atomic E-state index is 1.22. The highest BCUT2D eigenvalue weighted by molar-refractivity contribution is 5.88. The summed E-state index contributed by atoms with van der Waals surface area (Å²) in [6.07, 6.45) is 3.93. The molecule has 0 N–H and O–H groups in total. The second-order valence-electron chi connectivity index (χ2n) is 4.80. The van der Waals surface area contributed by atoms with Crippen molar-refractivity contribution in [2.45, 2.75) is 13.8 Å². The average molecular weight is 260 g/mol. The van der Waals surface area contributed by atoms with Gasteiger partial charge in [-0.05, 0) is 41.7 Å². The Bertz CT molecular complexity index is 628. The van der Waals surface area contributed by atoms with Gasteiger partial charge in [0, 0.05) is 0 Å². The summed E-state index contributed by atoms with van der Waals surface area (Å²) in [6.45, 7) is 8.18. The maximum absolute atomic E-state index is 3.84. The number of allylic oxidation sites excluding steroid dienone is 5. The van der Waals surface area contributed by atoms with Crippen molar-refractivity contribution in [3.05, 3.63) is 96.1 Å². The zero-order valence-corrected chi connectivity index (χ0v) is 12.1. The molecule has 0 spiro atoms. The van der Waals surface area contributed by atoms with Crippen LogP contribution in [0, 0.1) is 0 Å². The topological polar surface area (TPSA) is 0 Å². The fraction of sp³-hybridized carbons (Fsp3) is 0.100. The van der Waals surface area contributed by atoms with Gasteiger partial charge in [-0.2, -0.15) is 0 Å². The third-order valence-electron chi connectivity index (χ3n) is 3.54. The Balaban J connectivity index is 2.50. The summed E-state index contributed by atoms with van der Waals surface area (Å²) >= 11 is 0. The minimum Gasteiger partial charge on any atom is -0.0990 e. The predicted molar refractivity (Wildman–Crippen MR) is 89.3 cm³/mol. The van der Waals surface area contributed by atoms with Gasteiger partial charge in [0.15, 0.2) is 0 Å². The first-order valence-corrected chi connectivity index (χ1v) is 6.85. The van der Waals surface area contributed by atoms with Crippen LogP contribution in [0.3, 0.4) is 0 Å². The lowest BCUT2D eigenvalue weighted by Gasteiger charge is -2.13. The molecular formula is C20H20. The van der Waals surface area contributed by atoms with Crippen LogP contribution in [0.1, 0.15) is 25.0 Å². The van der Waals surface area contributed by atoms with E-state index in [1.54, 1.807) is 0 Å². The molecular weight excluding hydrogens is 240 g/mol. The van der Waals surface area contributed by atoms with Crippen LogP contribution in [0.15, 0.2) is 85.0 Å². The first-order chi connectivity index (χ1) is 9.74. The van der Waals surface area contributed by atoms with Crippen LogP contribution >= 0.6 is 0 Å². The molecule has 0 bridgehead atoms. The van der Waals surface area contributed by atoms with E-state index >= 15 is 0 Å². The first kappa shape index (κ1) is 14.1. The Hall–Kier alpha value is -2.34. The monoisotopic (exact) mass is 260 g/mol. The molecule has 20 heavy (non-hydrogen) atoms. The van der Waals surface area contributed by atoms with Crippen molar-refractivity contribution in [3.63, 3.8) is 0 Å². The Morgan fingerprint density at radius 3 is 1.80 bits per heavy atom. The Morgan fingerprint density at radius 2 is 1.30 bits per heavy atom. The van der Waals surface area contributed by atoms with Gasteiger partial charge in [0.05, 0.1) is 0 Å². The molecule has 0 aliphatic carbocycles. The molecule has 0 nitrogen and oxygen atoms in total. The van der Waals surface area contributed by atoms with Crippen LogP contribution in [-0.4, -0.2) is 0 Å². The van der Waals surface area contributed by atoms with E-state index in [0.29, 0.717) is 0 Å². The zero-order chi connectivity index (χ0) is 14.4. The molecule has 0 unspecified atom stereocenters. The smallest absolute Gasteiger partial charge is 0.0152 e. The average Bonchev–Trinajstić information content (AvgIpc) is 2.53. The highest BCUT2D eigenvalue weighted by Gasteiger charge is 2.07. The Kier molecular flexibility index (Phi) is 4.73. The van der Waals surface area contributed by atoms with Crippen LogP contribution in [0.4, 0.5) is 0 Å². The molecule has 0 amide bonds. The summed E-state index contributed by atoms with van der Waals surface area (Å²) in [4.78, 5) is 0. The van der Waals surface area contributed by atoms with Gasteiger partial charge in [-0.3, -0.25) is 0 Å². The van der Waals surface area contributed by atoms with E-state index in [1.165, 1.54) is 27.8 Å². The lowest BCUT2D eigenvalue weighted by molar-refractivity contribution is 1.44. The summed E-state index contributed by atoms with van der Waals surface area (Å²) in [6, 6.07) is 20.9. The van der Waals surface area contributed by atoms with E-state index in [-0.39, 0.29) is 0 Å². The molecule has 2 rings (SSSR count). The Labute approximate surface area is 121 Å². The van der Waals surface area contributed by atoms with Crippen LogP contribution in [0.25, 0.3) is 11.1 Å². The van der Waals surface area contributed by atoms with Gasteiger partial charge >= 0.3 is 0 Å². The van der Waals surface area contributed by atoms with Gasteiger partial charge in [-0.15, -0.1) is 0 Å². The second-order valence-corrected chi connectivity index (χ2v) is 4.80. The highest BCUT2D eigenvalue weighted by atomic mass is 14.1. The van der Waals surface area contributed by atoms with Crippen molar-refractivity contribution < 1.29 is 0 Å². The van der Waals surface area contributed by atoms with Gasteiger partial charge < -0.3 is 0 Å². The largest absolute Gasteiger partial charge is 0.0990 e. The molecule has 0 aliphatic rings. The molecule has 0 atom stereocenters. The highest BCUT2D eigenvalue weighted by Crippen LogP contribution is 2.29. The molecule has 2 aromatic rings. The number of rotatable bonds is 4. The van der Waals surface area contributed by atoms with E-state index in [9.17, 15) is 0 Å². The van der Waals surface area contributed by atoms with Crippen LogP contribution < -0.4 is 0 Å². The van der Waals surface area contributed by atoms with E-state index in [0.717, 1.165) is 0 Å². The molecule has 0 fully saturated rings. The minimum absolute atomic E-state index is 1.22. The van der Waals surface area contributed by atoms with Gasteiger partial charge in [0.25, 0.3) is 0 Å². The lowest BCUT2D eigenvalue weighted by Crippen LogP contribution is -1.91. The van der Waals surface area contributed by atoms with Crippen molar-refractivity contribution >= 4 is 11.1 Å². The van der Waals surface area contributed by atoms with Crippen molar-refractivity contribution in [1.82, 2.24) is 0 Å². The SMILES string of the molecule is C=C/C=C(\C(C)=C(/C)c1ccccc1)c1ccccc1. The zero-order valence-electron chi connectivity index (χ0n) is 12.1. The normalized spacial score (nSPS) is 12.8. The molecule has 2 aromatic carbocycles. The number of hydrogen-bond acceptors (Lipinski definition) is 0. The third-order valence-corrected chi connectivity index (χ3v) is 3.54. The summed E-state index contributed by atoms with van der Waals surface area (Å²) in [5.41, 5.74) is 6.28. The molecule has 0 heteroatoms. The van der Waals surface area contributed by atoms with Gasteiger partial charge in [0.2, 0.25) is 0 Å². The van der Waals surface area contributed by atoms with Gasteiger partial charge in [-0.1, -0.05) is 79.4 Å². The standard InChI is InChI=1S/C20H20/c1-4-11-20(19-14-9-6-10-15-19)17(3)16(2)18-12-7-5-8-13-18/h4-15H,1H2,2-3H3/b17-16+,20-11+. The van der Waals surface area contributed by atoms with Crippen LogP contribution in [-0.2, 0) is 0 Å². The molecule has 0 radical (unpaired) electrons. The molecule has 100 valence electrons. The van der Waals surface area contributed by atoms with Crippen molar-refractivity contribution in [2.75, 3.05) is 0 Å². The predicted octanol–water partition coefficient (Wildman–Crippen LogP) is 5.75. The number of hydrogen-bond donors (Lipinski definition) is 0. The van der Waals surface area contributed by atoms with Crippen molar-refractivity contribution in [3.8, 4) is 0 Å². The first-order valence-electron chi connectivity index (χ1n) is 6.85.